The Labute approximate surface area is 151 Å². The third kappa shape index (κ3) is 6.75. The average molecular weight is 362 g/mol. The molecule has 0 N–H and O–H groups in total. The Balaban J connectivity index is 1.61. The van der Waals surface area contributed by atoms with Crippen molar-refractivity contribution in [3.05, 3.63) is 12.2 Å². The highest BCUT2D eigenvalue weighted by atomic mass is 16.5. The Morgan fingerprint density at radius 3 is 1.62 bits per heavy atom. The summed E-state index contributed by atoms with van der Waals surface area (Å²) in [5.74, 6) is -0.868. The molecule has 4 unspecified atom stereocenters. The highest BCUT2D eigenvalue weighted by Gasteiger charge is 2.26. The summed E-state index contributed by atoms with van der Waals surface area (Å²) in [5.41, 5.74) is 0. The Bertz CT molecular complexity index is 580. The van der Waals surface area contributed by atoms with Crippen molar-refractivity contribution in [3.63, 3.8) is 0 Å². The molecule has 0 radical (unpaired) electrons. The van der Waals surface area contributed by atoms with Crippen molar-refractivity contribution in [2.75, 3.05) is 13.2 Å². The monoisotopic (exact) mass is 362 g/mol. The van der Waals surface area contributed by atoms with Gasteiger partial charge < -0.3 is 9.47 Å². The normalized spacial score (nSPS) is 27.5. The Kier molecular flexibility index (Phi) is 7.93. The van der Waals surface area contributed by atoms with Gasteiger partial charge in [-0.05, 0) is 50.4 Å². The van der Waals surface area contributed by atoms with Crippen molar-refractivity contribution in [1.29, 1.82) is 0 Å². The quantitative estimate of drug-likeness (QED) is 0.281. The number of aliphatic imine (C=N–C) groups is 2. The van der Waals surface area contributed by atoms with E-state index in [-0.39, 0.29) is 37.1 Å². The molecule has 8 nitrogen and oxygen atoms in total. The van der Waals surface area contributed by atoms with Crippen molar-refractivity contribution in [2.24, 2.45) is 21.8 Å². The molecule has 0 aromatic rings. The van der Waals surface area contributed by atoms with Gasteiger partial charge in [0.2, 0.25) is 12.2 Å². The maximum Gasteiger partial charge on any atom is 0.331 e. The molecule has 0 heterocycles. The lowest BCUT2D eigenvalue weighted by Crippen LogP contribution is -2.13. The molecule has 0 bridgehead atoms. The van der Waals surface area contributed by atoms with Crippen LogP contribution >= 0.6 is 0 Å². The molecule has 4 atom stereocenters. The lowest BCUT2D eigenvalue weighted by molar-refractivity contribution is -0.141. The van der Waals surface area contributed by atoms with Gasteiger partial charge in [-0.25, -0.2) is 29.2 Å². The second-order valence-electron chi connectivity index (χ2n) is 6.70. The molecule has 0 aliphatic heterocycles. The van der Waals surface area contributed by atoms with Crippen molar-refractivity contribution < 1.29 is 28.7 Å². The van der Waals surface area contributed by atoms with E-state index < -0.39 is 11.9 Å². The van der Waals surface area contributed by atoms with Crippen LogP contribution in [0.2, 0.25) is 0 Å². The molecule has 0 amide bonds. The number of carbonyl (C=O) groups is 2. The van der Waals surface area contributed by atoms with Crippen LogP contribution in [0, 0.1) is 11.8 Å². The number of ether oxygens (including phenoxy) is 2. The molecule has 0 saturated heterocycles. The molecule has 2 aliphatic carbocycles. The third-order valence-electron chi connectivity index (χ3n) is 4.78. The first-order chi connectivity index (χ1) is 12.6. The predicted octanol–water partition coefficient (Wildman–Crippen LogP) is 1.64. The molecular formula is C18H22N2O6. The molecule has 0 aromatic carbocycles. The van der Waals surface area contributed by atoms with Gasteiger partial charge in [0, 0.05) is 12.2 Å². The molecular weight excluding hydrogens is 340 g/mol. The van der Waals surface area contributed by atoms with Gasteiger partial charge in [-0.15, -0.1) is 0 Å². The first-order valence-corrected chi connectivity index (χ1v) is 8.76. The number of esters is 2. The van der Waals surface area contributed by atoms with Crippen LogP contribution in [-0.2, 0) is 28.7 Å². The van der Waals surface area contributed by atoms with Crippen molar-refractivity contribution in [1.82, 2.24) is 0 Å². The summed E-state index contributed by atoms with van der Waals surface area (Å²) in [6.07, 6.45) is 9.86. The van der Waals surface area contributed by atoms with Gasteiger partial charge >= 0.3 is 11.9 Å². The second kappa shape index (κ2) is 10.4. The maximum atomic E-state index is 11.6. The fourth-order valence-corrected chi connectivity index (χ4v) is 3.42. The first kappa shape index (κ1) is 19.8. The minimum Gasteiger partial charge on any atom is -0.462 e. The maximum absolute atomic E-state index is 11.6. The van der Waals surface area contributed by atoms with Crippen molar-refractivity contribution in [3.8, 4) is 0 Å². The van der Waals surface area contributed by atoms with E-state index in [1.54, 1.807) is 12.2 Å². The standard InChI is InChI=1S/C18H22N2O6/c21-11-19-15-3-1-13(7-15)9-25-17(23)5-6-18(24)26-10-14-2-4-16(8-14)20-12-22/h5-6,13-16H,1-4,7-10H2. The predicted molar refractivity (Wildman–Crippen MR) is 89.6 cm³/mol. The fourth-order valence-electron chi connectivity index (χ4n) is 3.42. The zero-order chi connectivity index (χ0) is 18.8. The van der Waals surface area contributed by atoms with Crippen LogP contribution in [-0.4, -0.2) is 49.4 Å². The highest BCUT2D eigenvalue weighted by molar-refractivity contribution is 5.91. The molecule has 2 fully saturated rings. The number of hydrogen-bond donors (Lipinski definition) is 0. The first-order valence-electron chi connectivity index (χ1n) is 8.76. The number of carbonyl (C=O) groups excluding carboxylic acids is 4. The van der Waals surface area contributed by atoms with Crippen molar-refractivity contribution >= 4 is 24.1 Å². The van der Waals surface area contributed by atoms with Crippen LogP contribution in [0.4, 0.5) is 0 Å². The molecule has 0 aromatic heterocycles. The topological polar surface area (TPSA) is 111 Å². The van der Waals surface area contributed by atoms with Gasteiger partial charge in [-0.2, -0.15) is 0 Å². The van der Waals surface area contributed by atoms with Gasteiger partial charge in [0.15, 0.2) is 0 Å². The molecule has 0 spiro atoms. The zero-order valence-corrected chi connectivity index (χ0v) is 14.5. The van der Waals surface area contributed by atoms with Crippen LogP contribution in [0.1, 0.15) is 38.5 Å². The van der Waals surface area contributed by atoms with E-state index in [9.17, 15) is 19.2 Å². The lowest BCUT2D eigenvalue weighted by Gasteiger charge is -2.09. The zero-order valence-electron chi connectivity index (χ0n) is 14.5. The Hall–Kier alpha value is -2.56. The van der Waals surface area contributed by atoms with Crippen LogP contribution in [0.3, 0.4) is 0 Å². The third-order valence-corrected chi connectivity index (χ3v) is 4.78. The van der Waals surface area contributed by atoms with Gasteiger partial charge in [-0.1, -0.05) is 0 Å². The molecule has 8 heteroatoms. The van der Waals surface area contributed by atoms with E-state index in [0.29, 0.717) is 12.8 Å². The van der Waals surface area contributed by atoms with Crippen LogP contribution < -0.4 is 0 Å². The van der Waals surface area contributed by atoms with Gasteiger partial charge in [-0.3, -0.25) is 0 Å². The molecule has 2 aliphatic rings. The summed E-state index contributed by atoms with van der Waals surface area (Å²) in [6.45, 7) is 0.480. The summed E-state index contributed by atoms with van der Waals surface area (Å²) >= 11 is 0. The molecule has 140 valence electrons. The number of rotatable bonds is 8. The SMILES string of the molecule is O=C=NC1CCC(COC(=O)C=CC(=O)OCC2CCC(N=C=O)C2)C1. The second-order valence-corrected chi connectivity index (χ2v) is 6.70. The number of hydrogen-bond acceptors (Lipinski definition) is 8. The number of isocyanates is 2. The van der Waals surface area contributed by atoms with Crippen LogP contribution in [0.15, 0.2) is 22.1 Å². The fraction of sp³-hybridized carbons (Fsp3) is 0.667. The minimum absolute atomic E-state index is 0.0332. The van der Waals surface area contributed by atoms with Crippen LogP contribution in [0.25, 0.3) is 0 Å². The highest BCUT2D eigenvalue weighted by Crippen LogP contribution is 2.28. The summed E-state index contributed by atoms with van der Waals surface area (Å²) in [6, 6.07) is -0.0664. The van der Waals surface area contributed by atoms with Crippen molar-refractivity contribution in [2.45, 2.75) is 50.6 Å². The van der Waals surface area contributed by atoms with E-state index in [1.807, 2.05) is 0 Å². The Morgan fingerprint density at radius 1 is 0.808 bits per heavy atom. The van der Waals surface area contributed by atoms with E-state index >= 15 is 0 Å². The van der Waals surface area contributed by atoms with Crippen LogP contribution in [0.5, 0.6) is 0 Å². The lowest BCUT2D eigenvalue weighted by atomic mass is 10.1. The minimum atomic E-state index is -0.606. The summed E-state index contributed by atoms with van der Waals surface area (Å²) in [4.78, 5) is 51.1. The van der Waals surface area contributed by atoms with E-state index in [1.165, 1.54) is 0 Å². The van der Waals surface area contributed by atoms with E-state index in [2.05, 4.69) is 9.98 Å². The van der Waals surface area contributed by atoms with Gasteiger partial charge in [0.25, 0.3) is 0 Å². The molecule has 2 saturated carbocycles. The molecule has 26 heavy (non-hydrogen) atoms. The molecule has 2 rings (SSSR count). The summed E-state index contributed by atoms with van der Waals surface area (Å²) in [5, 5.41) is 0. The average Bonchev–Trinajstić information content (AvgIpc) is 3.26. The van der Waals surface area contributed by atoms with E-state index in [4.69, 9.17) is 9.47 Å². The Morgan fingerprint density at radius 2 is 1.23 bits per heavy atom. The summed E-state index contributed by atoms with van der Waals surface area (Å²) in [7, 11) is 0. The number of nitrogens with zero attached hydrogens (tertiary/aromatic N) is 2. The smallest absolute Gasteiger partial charge is 0.331 e. The van der Waals surface area contributed by atoms with Gasteiger partial charge in [0.1, 0.15) is 0 Å². The summed E-state index contributed by atoms with van der Waals surface area (Å²) < 4.78 is 10.2. The largest absolute Gasteiger partial charge is 0.462 e. The van der Waals surface area contributed by atoms with E-state index in [0.717, 1.165) is 37.8 Å². The van der Waals surface area contributed by atoms with Gasteiger partial charge in [0.05, 0.1) is 25.3 Å².